The molecule has 0 aliphatic heterocycles. The van der Waals surface area contributed by atoms with Crippen LogP contribution in [-0.2, 0) is 6.54 Å². The number of carbonyl (C=O) groups is 1. The summed E-state index contributed by atoms with van der Waals surface area (Å²) in [5.41, 5.74) is 3.38. The first-order valence-electron chi connectivity index (χ1n) is 10.0. The number of hydrogen-bond donors (Lipinski definition) is 1. The highest BCUT2D eigenvalue weighted by atomic mass is 35.5. The fraction of sp³-hybridized carbons (Fsp3) is 0.545. The second kappa shape index (κ2) is 7.31. The van der Waals surface area contributed by atoms with Crippen LogP contribution in [0.2, 0.25) is 5.02 Å². The highest BCUT2D eigenvalue weighted by Gasteiger charge is 2.42. The van der Waals surface area contributed by atoms with Crippen molar-refractivity contribution in [1.82, 2.24) is 15.1 Å². The Bertz CT molecular complexity index is 859. The molecule has 1 aromatic heterocycles. The van der Waals surface area contributed by atoms with Crippen LogP contribution in [0.25, 0.3) is 0 Å². The lowest BCUT2D eigenvalue weighted by molar-refractivity contribution is 0.0914. The Kier molecular flexibility index (Phi) is 5.02. The van der Waals surface area contributed by atoms with E-state index in [0.717, 1.165) is 33.8 Å². The minimum absolute atomic E-state index is 0.00526. The fourth-order valence-electron chi connectivity index (χ4n) is 5.26. The number of nitrogens with one attached hydrogen (secondary N) is 1. The standard InChI is InChI=1S/C22H28ClN3O/c1-13(19-11-16-8-9-17(19)10-16)24-22(27)21-14(2)25-26(15(21)3)12-18-6-4-5-7-20(18)23/h4-7,13,16-17,19H,8-12H2,1-3H3,(H,24,27)/t13-,16+,17+,19-/m1/s1. The van der Waals surface area contributed by atoms with Crippen molar-refractivity contribution in [2.75, 3.05) is 0 Å². The monoisotopic (exact) mass is 385 g/mol. The van der Waals surface area contributed by atoms with E-state index < -0.39 is 0 Å². The summed E-state index contributed by atoms with van der Waals surface area (Å²) < 4.78 is 1.88. The predicted molar refractivity (Wildman–Crippen MR) is 108 cm³/mol. The van der Waals surface area contributed by atoms with E-state index in [4.69, 9.17) is 11.6 Å². The zero-order valence-electron chi connectivity index (χ0n) is 16.3. The van der Waals surface area contributed by atoms with E-state index in [2.05, 4.69) is 17.3 Å². The molecule has 0 spiro atoms. The van der Waals surface area contributed by atoms with Crippen LogP contribution in [-0.4, -0.2) is 21.7 Å². The fourth-order valence-corrected chi connectivity index (χ4v) is 5.46. The molecule has 2 aliphatic carbocycles. The van der Waals surface area contributed by atoms with Crippen molar-refractivity contribution in [2.45, 2.75) is 59.0 Å². The number of nitrogens with zero attached hydrogens (tertiary/aromatic N) is 2. The van der Waals surface area contributed by atoms with Gasteiger partial charge >= 0.3 is 0 Å². The molecule has 4 atom stereocenters. The Balaban J connectivity index is 1.49. The third kappa shape index (κ3) is 3.52. The first-order chi connectivity index (χ1) is 12.9. The van der Waals surface area contributed by atoms with Crippen molar-refractivity contribution in [3.05, 3.63) is 51.8 Å². The maximum atomic E-state index is 13.0. The summed E-state index contributed by atoms with van der Waals surface area (Å²) >= 11 is 6.29. The first-order valence-corrected chi connectivity index (χ1v) is 10.4. The Labute approximate surface area is 166 Å². The number of aryl methyl sites for hydroxylation is 1. The van der Waals surface area contributed by atoms with Crippen LogP contribution >= 0.6 is 11.6 Å². The Hall–Kier alpha value is -1.81. The van der Waals surface area contributed by atoms with Crippen molar-refractivity contribution in [2.24, 2.45) is 17.8 Å². The third-order valence-electron chi connectivity index (χ3n) is 6.68. The first kappa shape index (κ1) is 18.5. The Morgan fingerprint density at radius 2 is 2.07 bits per heavy atom. The van der Waals surface area contributed by atoms with Gasteiger partial charge in [-0.3, -0.25) is 9.48 Å². The summed E-state index contributed by atoms with van der Waals surface area (Å²) in [5.74, 6) is 2.33. The second-order valence-corrected chi connectivity index (χ2v) is 8.80. The van der Waals surface area contributed by atoms with E-state index in [1.54, 1.807) is 0 Å². The topological polar surface area (TPSA) is 46.9 Å². The van der Waals surface area contributed by atoms with Crippen molar-refractivity contribution in [1.29, 1.82) is 0 Å². The zero-order valence-corrected chi connectivity index (χ0v) is 17.1. The summed E-state index contributed by atoms with van der Waals surface area (Å²) in [6, 6.07) is 7.99. The summed E-state index contributed by atoms with van der Waals surface area (Å²) in [5, 5.41) is 8.61. The quantitative estimate of drug-likeness (QED) is 0.806. The molecule has 1 amide bonds. The minimum Gasteiger partial charge on any atom is -0.349 e. The highest BCUT2D eigenvalue weighted by molar-refractivity contribution is 6.31. The smallest absolute Gasteiger partial charge is 0.255 e. The van der Waals surface area contributed by atoms with E-state index in [1.165, 1.54) is 25.7 Å². The molecule has 2 bridgehead atoms. The van der Waals surface area contributed by atoms with Gasteiger partial charge in [-0.2, -0.15) is 5.10 Å². The van der Waals surface area contributed by atoms with Crippen LogP contribution in [0.4, 0.5) is 0 Å². The summed E-state index contributed by atoms with van der Waals surface area (Å²) in [7, 11) is 0. The maximum absolute atomic E-state index is 13.0. The van der Waals surface area contributed by atoms with Gasteiger partial charge in [0.1, 0.15) is 0 Å². The summed E-state index contributed by atoms with van der Waals surface area (Å²) in [4.78, 5) is 13.0. The molecule has 4 rings (SSSR count). The van der Waals surface area contributed by atoms with Crippen LogP contribution in [0.15, 0.2) is 24.3 Å². The molecule has 2 aromatic rings. The van der Waals surface area contributed by atoms with E-state index in [-0.39, 0.29) is 11.9 Å². The van der Waals surface area contributed by atoms with Crippen molar-refractivity contribution in [3.63, 3.8) is 0 Å². The number of rotatable bonds is 5. The number of carbonyl (C=O) groups excluding carboxylic acids is 1. The Morgan fingerprint density at radius 3 is 2.74 bits per heavy atom. The van der Waals surface area contributed by atoms with E-state index in [1.807, 2.05) is 42.8 Å². The molecule has 0 unspecified atom stereocenters. The van der Waals surface area contributed by atoms with Gasteiger partial charge in [-0.15, -0.1) is 0 Å². The molecule has 144 valence electrons. The lowest BCUT2D eigenvalue weighted by Gasteiger charge is -2.28. The molecule has 1 heterocycles. The molecule has 4 nitrogen and oxygen atoms in total. The SMILES string of the molecule is Cc1nn(Cc2ccccc2Cl)c(C)c1C(=O)N[C@H](C)[C@H]1C[C@H]2CC[C@H]1C2. The number of benzene rings is 1. The van der Waals surface area contributed by atoms with Gasteiger partial charge in [-0.25, -0.2) is 0 Å². The summed E-state index contributed by atoms with van der Waals surface area (Å²) in [6.45, 7) is 6.62. The predicted octanol–water partition coefficient (Wildman–Crippen LogP) is 4.76. The van der Waals surface area contributed by atoms with Gasteiger partial charge in [0.05, 0.1) is 17.8 Å². The van der Waals surface area contributed by atoms with E-state index >= 15 is 0 Å². The molecule has 2 saturated carbocycles. The molecule has 1 aromatic carbocycles. The molecule has 2 aliphatic rings. The number of amides is 1. The molecule has 27 heavy (non-hydrogen) atoms. The summed E-state index contributed by atoms with van der Waals surface area (Å²) in [6.07, 6.45) is 5.35. The third-order valence-corrected chi connectivity index (χ3v) is 7.05. The van der Waals surface area contributed by atoms with E-state index in [9.17, 15) is 4.79 Å². The van der Waals surface area contributed by atoms with E-state index in [0.29, 0.717) is 18.0 Å². The van der Waals surface area contributed by atoms with Crippen LogP contribution in [0.3, 0.4) is 0 Å². The van der Waals surface area contributed by atoms with Crippen LogP contribution < -0.4 is 5.32 Å². The van der Waals surface area contributed by atoms with Crippen LogP contribution in [0.5, 0.6) is 0 Å². The number of fused-ring (bicyclic) bond motifs is 2. The van der Waals surface area contributed by atoms with Crippen LogP contribution in [0.1, 0.15) is 59.9 Å². The number of hydrogen-bond acceptors (Lipinski definition) is 2. The van der Waals surface area contributed by atoms with Gasteiger partial charge in [0.15, 0.2) is 0 Å². The molecule has 0 saturated heterocycles. The average Bonchev–Trinajstić information content (AvgIpc) is 3.32. The van der Waals surface area contributed by atoms with Gasteiger partial charge in [0, 0.05) is 16.8 Å². The van der Waals surface area contributed by atoms with Crippen molar-refractivity contribution < 1.29 is 4.79 Å². The van der Waals surface area contributed by atoms with Gasteiger partial charge in [-0.05, 0) is 69.4 Å². The lowest BCUT2D eigenvalue weighted by Crippen LogP contribution is -2.40. The largest absolute Gasteiger partial charge is 0.349 e. The maximum Gasteiger partial charge on any atom is 0.255 e. The molecule has 1 N–H and O–H groups in total. The molecular weight excluding hydrogens is 358 g/mol. The Morgan fingerprint density at radius 1 is 1.30 bits per heavy atom. The van der Waals surface area contributed by atoms with Gasteiger partial charge in [0.2, 0.25) is 0 Å². The van der Waals surface area contributed by atoms with Gasteiger partial charge in [0.25, 0.3) is 5.91 Å². The normalized spacial score (nSPS) is 25.0. The second-order valence-electron chi connectivity index (χ2n) is 8.40. The molecule has 0 radical (unpaired) electrons. The van der Waals surface area contributed by atoms with Crippen molar-refractivity contribution in [3.8, 4) is 0 Å². The van der Waals surface area contributed by atoms with Crippen molar-refractivity contribution >= 4 is 17.5 Å². The van der Waals surface area contributed by atoms with Crippen LogP contribution in [0, 0.1) is 31.6 Å². The van der Waals surface area contributed by atoms with Gasteiger partial charge < -0.3 is 5.32 Å². The molecular formula is C22H28ClN3O. The van der Waals surface area contributed by atoms with Gasteiger partial charge in [-0.1, -0.05) is 36.2 Å². The molecule has 5 heteroatoms. The average molecular weight is 386 g/mol. The minimum atomic E-state index is 0.00526. The number of aromatic nitrogens is 2. The number of halogens is 1. The lowest BCUT2D eigenvalue weighted by atomic mass is 9.84. The zero-order chi connectivity index (χ0) is 19.1. The molecule has 2 fully saturated rings. The highest BCUT2D eigenvalue weighted by Crippen LogP contribution is 2.49.